The van der Waals surface area contributed by atoms with Gasteiger partial charge < -0.3 is 20.1 Å². The van der Waals surface area contributed by atoms with Crippen LogP contribution in [0.4, 0.5) is 0 Å². The molecule has 0 aromatic heterocycles. The number of hydrogen-bond donors (Lipinski definition) is 2. The zero-order valence-corrected chi connectivity index (χ0v) is 17.0. The topological polar surface area (TPSA) is 76.7 Å². The molecule has 1 fully saturated rings. The van der Waals surface area contributed by atoms with Crippen molar-refractivity contribution in [2.24, 2.45) is 0 Å². The van der Waals surface area contributed by atoms with Crippen molar-refractivity contribution in [3.05, 3.63) is 59.7 Å². The van der Waals surface area contributed by atoms with Gasteiger partial charge in [0.1, 0.15) is 0 Å². The molecule has 6 nitrogen and oxygen atoms in total. The molecule has 0 radical (unpaired) electrons. The first kappa shape index (κ1) is 20.7. The number of carbonyl (C=O) groups is 2. The largest absolute Gasteiger partial charge is 0.493 e. The summed E-state index contributed by atoms with van der Waals surface area (Å²) in [6.45, 7) is 0.509. The number of rotatable bonds is 9. The quantitative estimate of drug-likeness (QED) is 0.683. The predicted molar refractivity (Wildman–Crippen MR) is 111 cm³/mol. The molecular weight excluding hydrogens is 368 g/mol. The lowest BCUT2D eigenvalue weighted by atomic mass is 9.85. The average Bonchev–Trinajstić information content (AvgIpc) is 3.12. The third kappa shape index (κ3) is 5.50. The summed E-state index contributed by atoms with van der Waals surface area (Å²) in [5, 5.41) is 6.08. The highest BCUT2D eigenvalue weighted by atomic mass is 16.5. The SMILES string of the molecule is COc1ccc(CC2(CCC(=O)NCc3ccccc3)CCC(=O)N2)cc1OC. The Morgan fingerprint density at radius 3 is 2.48 bits per heavy atom. The number of nitrogens with one attached hydrogen (secondary N) is 2. The van der Waals surface area contributed by atoms with E-state index in [4.69, 9.17) is 9.47 Å². The van der Waals surface area contributed by atoms with Crippen LogP contribution in [0.25, 0.3) is 0 Å². The minimum Gasteiger partial charge on any atom is -0.493 e. The van der Waals surface area contributed by atoms with E-state index < -0.39 is 5.54 Å². The molecule has 1 atom stereocenters. The van der Waals surface area contributed by atoms with Crippen LogP contribution in [0.1, 0.15) is 36.8 Å². The van der Waals surface area contributed by atoms with Crippen LogP contribution in [0.3, 0.4) is 0 Å². The van der Waals surface area contributed by atoms with E-state index in [1.165, 1.54) is 0 Å². The number of ether oxygens (including phenoxy) is 2. The van der Waals surface area contributed by atoms with Crippen molar-refractivity contribution in [3.8, 4) is 11.5 Å². The first-order valence-corrected chi connectivity index (χ1v) is 9.86. The molecule has 2 amide bonds. The molecule has 6 heteroatoms. The number of hydrogen-bond acceptors (Lipinski definition) is 4. The van der Waals surface area contributed by atoms with Gasteiger partial charge in [0.15, 0.2) is 11.5 Å². The van der Waals surface area contributed by atoms with Crippen LogP contribution in [0.2, 0.25) is 0 Å². The summed E-state index contributed by atoms with van der Waals surface area (Å²) in [4.78, 5) is 24.3. The maximum Gasteiger partial charge on any atom is 0.220 e. The first-order chi connectivity index (χ1) is 14.0. The number of amides is 2. The fraction of sp³-hybridized carbons (Fsp3) is 0.391. The Morgan fingerprint density at radius 2 is 1.83 bits per heavy atom. The van der Waals surface area contributed by atoms with Crippen molar-refractivity contribution < 1.29 is 19.1 Å². The van der Waals surface area contributed by atoms with Gasteiger partial charge in [0.2, 0.25) is 11.8 Å². The van der Waals surface area contributed by atoms with Gasteiger partial charge in [0.25, 0.3) is 0 Å². The van der Waals surface area contributed by atoms with Crippen molar-refractivity contribution in [3.63, 3.8) is 0 Å². The standard InChI is InChI=1S/C23H28N2O4/c1-28-19-9-8-18(14-20(19)29-2)15-23(13-11-22(27)25-23)12-10-21(26)24-16-17-6-4-3-5-7-17/h3-9,14H,10-13,15-16H2,1-2H3,(H,24,26)(H,25,27). The Balaban J connectivity index is 1.63. The molecule has 3 rings (SSSR count). The van der Waals surface area contributed by atoms with Gasteiger partial charge in [-0.3, -0.25) is 9.59 Å². The van der Waals surface area contributed by atoms with E-state index in [9.17, 15) is 9.59 Å². The van der Waals surface area contributed by atoms with Crippen molar-refractivity contribution in [1.29, 1.82) is 0 Å². The summed E-state index contributed by atoms with van der Waals surface area (Å²) in [7, 11) is 3.20. The Labute approximate surface area is 171 Å². The predicted octanol–water partition coefficient (Wildman–Crippen LogP) is 2.99. The van der Waals surface area contributed by atoms with Crippen molar-refractivity contribution in [1.82, 2.24) is 10.6 Å². The molecular formula is C23H28N2O4. The molecule has 0 aliphatic carbocycles. The Hall–Kier alpha value is -3.02. The van der Waals surface area contributed by atoms with Gasteiger partial charge in [-0.1, -0.05) is 36.4 Å². The lowest BCUT2D eigenvalue weighted by Crippen LogP contribution is -2.44. The Kier molecular flexibility index (Phi) is 6.75. The van der Waals surface area contributed by atoms with Gasteiger partial charge in [-0.25, -0.2) is 0 Å². The molecule has 2 aromatic carbocycles. The Bertz CT molecular complexity index is 853. The second-order valence-electron chi connectivity index (χ2n) is 7.46. The van der Waals surface area contributed by atoms with E-state index in [0.29, 0.717) is 50.1 Å². The molecule has 0 bridgehead atoms. The first-order valence-electron chi connectivity index (χ1n) is 9.86. The second kappa shape index (κ2) is 9.45. The van der Waals surface area contributed by atoms with Gasteiger partial charge in [0.05, 0.1) is 14.2 Å². The van der Waals surface area contributed by atoms with E-state index in [1.54, 1.807) is 14.2 Å². The van der Waals surface area contributed by atoms with Crippen LogP contribution < -0.4 is 20.1 Å². The van der Waals surface area contributed by atoms with Crippen molar-refractivity contribution in [2.75, 3.05) is 14.2 Å². The van der Waals surface area contributed by atoms with Crippen molar-refractivity contribution in [2.45, 2.75) is 44.2 Å². The van der Waals surface area contributed by atoms with Gasteiger partial charge in [-0.2, -0.15) is 0 Å². The Morgan fingerprint density at radius 1 is 1.07 bits per heavy atom. The summed E-state index contributed by atoms with van der Waals surface area (Å²) in [5.74, 6) is 1.35. The maximum atomic E-state index is 12.4. The van der Waals surface area contributed by atoms with E-state index >= 15 is 0 Å². The van der Waals surface area contributed by atoms with Crippen LogP contribution in [-0.2, 0) is 22.6 Å². The monoisotopic (exact) mass is 396 g/mol. The van der Waals surface area contributed by atoms with Gasteiger partial charge in [-0.15, -0.1) is 0 Å². The molecule has 2 N–H and O–H groups in total. The average molecular weight is 396 g/mol. The lowest BCUT2D eigenvalue weighted by molar-refractivity contribution is -0.122. The summed E-state index contributed by atoms with van der Waals surface area (Å²) in [6, 6.07) is 15.6. The lowest BCUT2D eigenvalue weighted by Gasteiger charge is -2.29. The van der Waals surface area contributed by atoms with Crippen LogP contribution in [-0.4, -0.2) is 31.6 Å². The fourth-order valence-corrected chi connectivity index (χ4v) is 3.80. The minimum absolute atomic E-state index is 0.0123. The summed E-state index contributed by atoms with van der Waals surface area (Å²) < 4.78 is 10.7. The zero-order chi connectivity index (χ0) is 20.7. The highest BCUT2D eigenvalue weighted by Gasteiger charge is 2.38. The molecule has 2 aromatic rings. The second-order valence-corrected chi connectivity index (χ2v) is 7.46. The molecule has 1 aliphatic rings. The number of carbonyl (C=O) groups excluding carboxylic acids is 2. The van der Waals surface area contributed by atoms with Crippen LogP contribution in [0.15, 0.2) is 48.5 Å². The number of benzene rings is 2. The molecule has 1 aliphatic heterocycles. The van der Waals surface area contributed by atoms with Crippen molar-refractivity contribution >= 4 is 11.8 Å². The molecule has 154 valence electrons. The summed E-state index contributed by atoms with van der Waals surface area (Å²) in [6.07, 6.45) is 2.80. The molecule has 1 heterocycles. The molecule has 1 saturated heterocycles. The van der Waals surface area contributed by atoms with Crippen LogP contribution in [0, 0.1) is 0 Å². The molecule has 1 unspecified atom stereocenters. The van der Waals surface area contributed by atoms with Gasteiger partial charge in [0, 0.05) is 24.9 Å². The molecule has 0 saturated carbocycles. The highest BCUT2D eigenvalue weighted by molar-refractivity contribution is 5.80. The maximum absolute atomic E-state index is 12.4. The van der Waals surface area contributed by atoms with E-state index in [0.717, 1.165) is 11.1 Å². The third-order valence-corrected chi connectivity index (χ3v) is 5.39. The van der Waals surface area contributed by atoms with Gasteiger partial charge in [-0.05, 0) is 42.5 Å². The highest BCUT2D eigenvalue weighted by Crippen LogP contribution is 2.33. The third-order valence-electron chi connectivity index (χ3n) is 5.39. The summed E-state index contributed by atoms with van der Waals surface area (Å²) in [5.41, 5.74) is 1.69. The zero-order valence-electron chi connectivity index (χ0n) is 17.0. The normalized spacial score (nSPS) is 18.2. The van der Waals surface area contributed by atoms with Gasteiger partial charge >= 0.3 is 0 Å². The van der Waals surface area contributed by atoms with E-state index in [-0.39, 0.29) is 11.8 Å². The molecule has 29 heavy (non-hydrogen) atoms. The summed E-state index contributed by atoms with van der Waals surface area (Å²) >= 11 is 0. The number of methoxy groups -OCH3 is 2. The fourth-order valence-electron chi connectivity index (χ4n) is 3.80. The van der Waals surface area contributed by atoms with Crippen LogP contribution in [0.5, 0.6) is 11.5 Å². The van der Waals surface area contributed by atoms with Crippen LogP contribution >= 0.6 is 0 Å². The minimum atomic E-state index is -0.416. The molecule has 0 spiro atoms. The van der Waals surface area contributed by atoms with E-state index in [1.807, 2.05) is 48.5 Å². The smallest absolute Gasteiger partial charge is 0.220 e. The van der Waals surface area contributed by atoms with E-state index in [2.05, 4.69) is 10.6 Å².